The van der Waals surface area contributed by atoms with E-state index in [1.807, 2.05) is 26.0 Å². The van der Waals surface area contributed by atoms with Crippen molar-refractivity contribution in [2.45, 2.75) is 45.8 Å². The van der Waals surface area contributed by atoms with Crippen LogP contribution >= 0.6 is 0 Å². The Morgan fingerprint density at radius 2 is 1.86 bits per heavy atom. The van der Waals surface area contributed by atoms with E-state index in [-0.39, 0.29) is 6.10 Å². The second kappa shape index (κ2) is 5.80. The molecule has 1 atom stereocenters. The SMILES string of the molecule is Cc1ccc2c(c1)C(Nc1ccc(OC(C)C)cc1)CC2. The number of fused-ring (bicyclic) bond motifs is 1. The van der Waals surface area contributed by atoms with Gasteiger partial charge in [0.2, 0.25) is 0 Å². The average Bonchev–Trinajstić information content (AvgIpc) is 2.83. The van der Waals surface area contributed by atoms with Crippen LogP contribution in [-0.2, 0) is 6.42 Å². The van der Waals surface area contributed by atoms with Gasteiger partial charge in [-0.15, -0.1) is 0 Å². The normalized spacial score (nSPS) is 16.9. The summed E-state index contributed by atoms with van der Waals surface area (Å²) < 4.78 is 5.68. The van der Waals surface area contributed by atoms with E-state index in [0.717, 1.165) is 11.4 Å². The summed E-state index contributed by atoms with van der Waals surface area (Å²) in [6.45, 7) is 6.25. The summed E-state index contributed by atoms with van der Waals surface area (Å²) >= 11 is 0. The molecule has 1 aliphatic carbocycles. The third kappa shape index (κ3) is 3.21. The van der Waals surface area contributed by atoms with Crippen molar-refractivity contribution in [3.05, 3.63) is 59.2 Å². The van der Waals surface area contributed by atoms with Crippen molar-refractivity contribution in [2.75, 3.05) is 5.32 Å². The predicted molar refractivity (Wildman–Crippen MR) is 88.1 cm³/mol. The Kier molecular flexibility index (Phi) is 3.87. The van der Waals surface area contributed by atoms with Gasteiger partial charge in [-0.25, -0.2) is 0 Å². The van der Waals surface area contributed by atoms with Gasteiger partial charge in [-0.1, -0.05) is 23.8 Å². The van der Waals surface area contributed by atoms with Gasteiger partial charge < -0.3 is 10.1 Å². The van der Waals surface area contributed by atoms with E-state index >= 15 is 0 Å². The van der Waals surface area contributed by atoms with Crippen molar-refractivity contribution in [3.8, 4) is 5.75 Å². The van der Waals surface area contributed by atoms with Crippen LogP contribution < -0.4 is 10.1 Å². The van der Waals surface area contributed by atoms with Gasteiger partial charge in [0.1, 0.15) is 5.75 Å². The maximum absolute atomic E-state index is 5.68. The number of benzene rings is 2. The van der Waals surface area contributed by atoms with E-state index in [4.69, 9.17) is 4.74 Å². The topological polar surface area (TPSA) is 21.3 Å². The summed E-state index contributed by atoms with van der Waals surface area (Å²) in [5.74, 6) is 0.929. The van der Waals surface area contributed by atoms with Crippen LogP contribution in [0.25, 0.3) is 0 Å². The molecule has 2 aromatic rings. The molecule has 0 spiro atoms. The molecular formula is C19H23NO. The third-order valence-corrected chi connectivity index (χ3v) is 3.95. The zero-order valence-electron chi connectivity index (χ0n) is 13.0. The first-order chi connectivity index (χ1) is 10.1. The van der Waals surface area contributed by atoms with Crippen LogP contribution in [0.5, 0.6) is 5.75 Å². The summed E-state index contributed by atoms with van der Waals surface area (Å²) in [6.07, 6.45) is 2.55. The first kappa shape index (κ1) is 14.0. The first-order valence-corrected chi connectivity index (χ1v) is 7.74. The molecule has 2 aromatic carbocycles. The molecule has 21 heavy (non-hydrogen) atoms. The summed E-state index contributed by atoms with van der Waals surface area (Å²) in [7, 11) is 0. The summed E-state index contributed by atoms with van der Waals surface area (Å²) in [4.78, 5) is 0. The number of hydrogen-bond acceptors (Lipinski definition) is 2. The number of ether oxygens (including phenoxy) is 1. The second-order valence-electron chi connectivity index (χ2n) is 6.13. The molecule has 1 unspecified atom stereocenters. The maximum atomic E-state index is 5.68. The number of aryl methyl sites for hydroxylation is 2. The van der Waals surface area contributed by atoms with Crippen LogP contribution in [0.2, 0.25) is 0 Å². The van der Waals surface area contributed by atoms with Crippen LogP contribution in [0.1, 0.15) is 43.0 Å². The maximum Gasteiger partial charge on any atom is 0.119 e. The predicted octanol–water partition coefficient (Wildman–Crippen LogP) is 4.88. The molecular weight excluding hydrogens is 258 g/mol. The Balaban J connectivity index is 1.72. The molecule has 3 rings (SSSR count). The van der Waals surface area contributed by atoms with Gasteiger partial charge in [0, 0.05) is 5.69 Å². The highest BCUT2D eigenvalue weighted by Gasteiger charge is 2.22. The van der Waals surface area contributed by atoms with E-state index < -0.39 is 0 Å². The smallest absolute Gasteiger partial charge is 0.119 e. The lowest BCUT2D eigenvalue weighted by molar-refractivity contribution is 0.242. The quantitative estimate of drug-likeness (QED) is 0.862. The van der Waals surface area contributed by atoms with Crippen LogP contribution in [0.3, 0.4) is 0 Å². The van der Waals surface area contributed by atoms with Gasteiger partial charge in [-0.2, -0.15) is 0 Å². The minimum Gasteiger partial charge on any atom is -0.491 e. The highest BCUT2D eigenvalue weighted by Crippen LogP contribution is 2.34. The Hall–Kier alpha value is -1.96. The van der Waals surface area contributed by atoms with E-state index in [2.05, 4.69) is 42.6 Å². The lowest BCUT2D eigenvalue weighted by Gasteiger charge is -2.17. The van der Waals surface area contributed by atoms with E-state index in [0.29, 0.717) is 6.04 Å². The molecule has 1 N–H and O–H groups in total. The van der Waals surface area contributed by atoms with Gasteiger partial charge in [-0.3, -0.25) is 0 Å². The Morgan fingerprint density at radius 3 is 2.57 bits per heavy atom. The fraction of sp³-hybridized carbons (Fsp3) is 0.368. The molecule has 0 fully saturated rings. The van der Waals surface area contributed by atoms with Gasteiger partial charge in [0.15, 0.2) is 0 Å². The fourth-order valence-electron chi connectivity index (χ4n) is 2.97. The highest BCUT2D eigenvalue weighted by molar-refractivity contribution is 5.50. The average molecular weight is 281 g/mol. The van der Waals surface area contributed by atoms with E-state index in [1.54, 1.807) is 0 Å². The number of anilines is 1. The lowest BCUT2D eigenvalue weighted by Crippen LogP contribution is -2.08. The first-order valence-electron chi connectivity index (χ1n) is 7.74. The van der Waals surface area contributed by atoms with E-state index in [1.165, 1.54) is 29.5 Å². The van der Waals surface area contributed by atoms with Crippen molar-refractivity contribution in [1.82, 2.24) is 0 Å². The zero-order valence-corrected chi connectivity index (χ0v) is 13.0. The largest absolute Gasteiger partial charge is 0.491 e. The Bertz CT molecular complexity index is 616. The Morgan fingerprint density at radius 1 is 1.10 bits per heavy atom. The van der Waals surface area contributed by atoms with Crippen molar-refractivity contribution >= 4 is 5.69 Å². The van der Waals surface area contributed by atoms with Gasteiger partial charge >= 0.3 is 0 Å². The monoisotopic (exact) mass is 281 g/mol. The van der Waals surface area contributed by atoms with Crippen LogP contribution in [0.15, 0.2) is 42.5 Å². The molecule has 2 nitrogen and oxygen atoms in total. The minimum atomic E-state index is 0.216. The molecule has 0 radical (unpaired) electrons. The van der Waals surface area contributed by atoms with Crippen LogP contribution in [-0.4, -0.2) is 6.10 Å². The second-order valence-corrected chi connectivity index (χ2v) is 6.13. The van der Waals surface area contributed by atoms with E-state index in [9.17, 15) is 0 Å². The molecule has 1 aliphatic rings. The molecule has 0 amide bonds. The number of hydrogen-bond donors (Lipinski definition) is 1. The lowest BCUT2D eigenvalue weighted by atomic mass is 10.0. The minimum absolute atomic E-state index is 0.216. The number of rotatable bonds is 4. The van der Waals surface area contributed by atoms with Crippen molar-refractivity contribution in [3.63, 3.8) is 0 Å². The van der Waals surface area contributed by atoms with Crippen molar-refractivity contribution in [2.24, 2.45) is 0 Å². The van der Waals surface area contributed by atoms with Gasteiger partial charge in [0.25, 0.3) is 0 Å². The van der Waals surface area contributed by atoms with Gasteiger partial charge in [0.05, 0.1) is 12.1 Å². The molecule has 0 aliphatic heterocycles. The molecule has 0 heterocycles. The standard InChI is InChI=1S/C19H23NO/c1-13(2)21-17-9-7-16(8-10-17)20-19-11-6-15-5-4-14(3)12-18(15)19/h4-5,7-10,12-13,19-20H,6,11H2,1-3H3. The summed E-state index contributed by atoms with van der Waals surface area (Å²) in [5.41, 5.74) is 5.43. The highest BCUT2D eigenvalue weighted by atomic mass is 16.5. The van der Waals surface area contributed by atoms with Crippen LogP contribution in [0.4, 0.5) is 5.69 Å². The molecule has 0 saturated heterocycles. The molecule has 2 heteroatoms. The van der Waals surface area contributed by atoms with Crippen LogP contribution in [0, 0.1) is 6.92 Å². The zero-order chi connectivity index (χ0) is 14.8. The number of nitrogens with one attached hydrogen (secondary N) is 1. The Labute approximate surface area is 127 Å². The molecule has 0 aromatic heterocycles. The summed E-state index contributed by atoms with van der Waals surface area (Å²) in [6, 6.07) is 15.5. The molecule has 0 saturated carbocycles. The fourth-order valence-corrected chi connectivity index (χ4v) is 2.97. The van der Waals surface area contributed by atoms with Gasteiger partial charge in [-0.05, 0) is 69.0 Å². The molecule has 110 valence electrons. The summed E-state index contributed by atoms with van der Waals surface area (Å²) in [5, 5.41) is 3.65. The molecule has 0 bridgehead atoms. The van der Waals surface area contributed by atoms with Crippen molar-refractivity contribution < 1.29 is 4.74 Å². The van der Waals surface area contributed by atoms with Crippen molar-refractivity contribution in [1.29, 1.82) is 0 Å². The third-order valence-electron chi connectivity index (χ3n) is 3.95.